The molecule has 4 heterocycles. The minimum atomic E-state index is -1.08. The molecule has 1 N–H and O–H groups in total. The molecule has 3 aliphatic heterocycles. The third-order valence-electron chi connectivity index (χ3n) is 6.84. The van der Waals surface area contributed by atoms with Gasteiger partial charge in [0.25, 0.3) is 11.8 Å². The summed E-state index contributed by atoms with van der Waals surface area (Å²) in [5, 5.41) is 7.36. The standard InChI is InChI=1S/C22H33N5O5/c1-15(2)5-8-23-20(30)21(3)14-27-17(19(29)25(21)4)13-16(24-27)18(28)26-9-6-22(7-10-26)31-11-12-32-22/h13,15H,5-12,14H2,1-4H3,(H,23,30)/t21-/m1/s1. The first kappa shape index (κ1) is 22.7. The number of carbonyl (C=O) groups excluding carboxylic acids is 3. The van der Waals surface area contributed by atoms with Crippen molar-refractivity contribution in [2.75, 3.05) is 39.9 Å². The Kier molecular flexibility index (Phi) is 6.02. The van der Waals surface area contributed by atoms with Gasteiger partial charge in [-0.15, -0.1) is 0 Å². The van der Waals surface area contributed by atoms with E-state index in [1.165, 1.54) is 15.6 Å². The van der Waals surface area contributed by atoms with E-state index < -0.39 is 11.3 Å². The lowest BCUT2D eigenvalue weighted by Gasteiger charge is -2.40. The third kappa shape index (κ3) is 4.01. The molecule has 0 bridgehead atoms. The topological polar surface area (TPSA) is 106 Å². The summed E-state index contributed by atoms with van der Waals surface area (Å²) in [5.74, 6) is -0.862. The number of hydrogen-bond acceptors (Lipinski definition) is 6. The van der Waals surface area contributed by atoms with E-state index in [4.69, 9.17) is 9.47 Å². The molecule has 10 nitrogen and oxygen atoms in total. The van der Waals surface area contributed by atoms with Crippen molar-refractivity contribution >= 4 is 17.7 Å². The highest BCUT2D eigenvalue weighted by molar-refractivity contribution is 6.01. The fourth-order valence-electron chi connectivity index (χ4n) is 4.49. The van der Waals surface area contributed by atoms with Gasteiger partial charge in [0, 0.05) is 45.6 Å². The molecule has 0 saturated carbocycles. The van der Waals surface area contributed by atoms with E-state index in [1.807, 2.05) is 0 Å². The van der Waals surface area contributed by atoms with Crippen LogP contribution in [0.3, 0.4) is 0 Å². The molecular formula is C22H33N5O5. The number of rotatable bonds is 5. The SMILES string of the molecule is CC(C)CCNC(=O)[C@@]1(C)Cn2nc(C(=O)N3CCC4(CC3)OCCO4)cc2C(=O)N1C. The number of nitrogens with zero attached hydrogens (tertiary/aromatic N) is 4. The van der Waals surface area contributed by atoms with Crippen molar-refractivity contribution in [3.63, 3.8) is 0 Å². The zero-order chi connectivity index (χ0) is 23.1. The fraction of sp³-hybridized carbons (Fsp3) is 0.727. The second-order valence-corrected chi connectivity index (χ2v) is 9.55. The maximum absolute atomic E-state index is 13.1. The van der Waals surface area contributed by atoms with Crippen molar-refractivity contribution in [3.8, 4) is 0 Å². The quantitative estimate of drug-likeness (QED) is 0.718. The number of amides is 3. The van der Waals surface area contributed by atoms with Crippen LogP contribution in [0, 0.1) is 5.92 Å². The molecule has 3 amide bonds. The molecule has 1 aromatic heterocycles. The average molecular weight is 448 g/mol. The molecule has 0 aliphatic carbocycles. The van der Waals surface area contributed by atoms with Crippen LogP contribution in [0.4, 0.5) is 0 Å². The molecule has 32 heavy (non-hydrogen) atoms. The number of piperidine rings is 1. The van der Waals surface area contributed by atoms with Crippen molar-refractivity contribution in [3.05, 3.63) is 17.5 Å². The molecule has 1 atom stereocenters. The minimum Gasteiger partial charge on any atom is -0.354 e. The Morgan fingerprint density at radius 1 is 1.22 bits per heavy atom. The Bertz CT molecular complexity index is 897. The number of fused-ring (bicyclic) bond motifs is 1. The zero-order valence-electron chi connectivity index (χ0n) is 19.3. The Labute approximate surface area is 188 Å². The lowest BCUT2D eigenvalue weighted by Crippen LogP contribution is -2.62. The zero-order valence-corrected chi connectivity index (χ0v) is 19.3. The van der Waals surface area contributed by atoms with Gasteiger partial charge in [-0.2, -0.15) is 5.10 Å². The van der Waals surface area contributed by atoms with Crippen LogP contribution in [-0.4, -0.2) is 88.5 Å². The normalized spacial score (nSPS) is 24.8. The van der Waals surface area contributed by atoms with Gasteiger partial charge >= 0.3 is 0 Å². The van der Waals surface area contributed by atoms with Crippen LogP contribution in [0.1, 0.15) is 61.0 Å². The van der Waals surface area contributed by atoms with Gasteiger partial charge in [-0.3, -0.25) is 19.1 Å². The van der Waals surface area contributed by atoms with E-state index in [-0.39, 0.29) is 30.0 Å². The summed E-state index contributed by atoms with van der Waals surface area (Å²) in [7, 11) is 1.62. The van der Waals surface area contributed by atoms with Gasteiger partial charge in [0.05, 0.1) is 19.8 Å². The molecule has 2 fully saturated rings. The lowest BCUT2D eigenvalue weighted by molar-refractivity contribution is -0.181. The van der Waals surface area contributed by atoms with Gasteiger partial charge in [0.2, 0.25) is 5.91 Å². The Hall–Kier alpha value is -2.46. The van der Waals surface area contributed by atoms with E-state index in [0.29, 0.717) is 57.3 Å². The number of likely N-dealkylation sites (N-methyl/N-ethyl adjacent to an activating group) is 1. The maximum Gasteiger partial charge on any atom is 0.274 e. The summed E-state index contributed by atoms with van der Waals surface area (Å²) in [6, 6.07) is 1.53. The van der Waals surface area contributed by atoms with Crippen LogP contribution >= 0.6 is 0 Å². The van der Waals surface area contributed by atoms with Crippen molar-refractivity contribution in [1.29, 1.82) is 0 Å². The fourth-order valence-corrected chi connectivity index (χ4v) is 4.49. The van der Waals surface area contributed by atoms with Crippen molar-refractivity contribution in [2.24, 2.45) is 5.92 Å². The number of hydrogen-bond donors (Lipinski definition) is 1. The van der Waals surface area contributed by atoms with Gasteiger partial charge in [-0.1, -0.05) is 13.8 Å². The summed E-state index contributed by atoms with van der Waals surface area (Å²) in [6.45, 7) is 8.83. The Morgan fingerprint density at radius 2 is 1.88 bits per heavy atom. The van der Waals surface area contributed by atoms with Gasteiger partial charge < -0.3 is 24.6 Å². The summed E-state index contributed by atoms with van der Waals surface area (Å²) < 4.78 is 12.9. The Morgan fingerprint density at radius 3 is 2.50 bits per heavy atom. The molecule has 0 unspecified atom stereocenters. The Balaban J connectivity index is 1.46. The number of aromatic nitrogens is 2. The van der Waals surface area contributed by atoms with Crippen LogP contribution in [-0.2, 0) is 20.8 Å². The largest absolute Gasteiger partial charge is 0.354 e. The average Bonchev–Trinajstić information content (AvgIpc) is 3.39. The molecule has 2 saturated heterocycles. The first-order valence-corrected chi connectivity index (χ1v) is 11.4. The van der Waals surface area contributed by atoms with E-state index in [2.05, 4.69) is 24.3 Å². The monoisotopic (exact) mass is 447 g/mol. The molecule has 176 valence electrons. The maximum atomic E-state index is 13.1. The second kappa shape index (κ2) is 8.47. The highest BCUT2D eigenvalue weighted by atomic mass is 16.7. The van der Waals surface area contributed by atoms with Crippen LogP contribution < -0.4 is 5.32 Å². The lowest BCUT2D eigenvalue weighted by atomic mass is 9.95. The van der Waals surface area contributed by atoms with Crippen molar-refractivity contribution in [2.45, 2.75) is 57.9 Å². The number of ether oxygens (including phenoxy) is 2. The molecule has 10 heteroatoms. The van der Waals surface area contributed by atoms with Crippen molar-refractivity contribution in [1.82, 2.24) is 24.9 Å². The molecule has 0 radical (unpaired) electrons. The first-order valence-electron chi connectivity index (χ1n) is 11.4. The summed E-state index contributed by atoms with van der Waals surface area (Å²) in [5.41, 5.74) is -0.545. The third-order valence-corrected chi connectivity index (χ3v) is 6.84. The molecule has 3 aliphatic rings. The summed E-state index contributed by atoms with van der Waals surface area (Å²) in [4.78, 5) is 42.2. The molecular weight excluding hydrogens is 414 g/mol. The molecule has 0 aromatic carbocycles. The van der Waals surface area contributed by atoms with E-state index in [0.717, 1.165) is 6.42 Å². The predicted molar refractivity (Wildman–Crippen MR) is 115 cm³/mol. The van der Waals surface area contributed by atoms with E-state index in [1.54, 1.807) is 18.9 Å². The van der Waals surface area contributed by atoms with Crippen LogP contribution in [0.25, 0.3) is 0 Å². The number of carbonyl (C=O) groups is 3. The molecule has 4 rings (SSSR count). The first-order chi connectivity index (χ1) is 15.2. The van der Waals surface area contributed by atoms with Crippen molar-refractivity contribution < 1.29 is 23.9 Å². The molecule has 1 aromatic rings. The predicted octanol–water partition coefficient (Wildman–Crippen LogP) is 0.869. The van der Waals surface area contributed by atoms with E-state index >= 15 is 0 Å². The van der Waals surface area contributed by atoms with Gasteiger partial charge in [-0.05, 0) is 19.3 Å². The minimum absolute atomic E-state index is 0.191. The van der Waals surface area contributed by atoms with Crippen LogP contribution in [0.15, 0.2) is 6.07 Å². The number of nitrogens with one attached hydrogen (secondary N) is 1. The van der Waals surface area contributed by atoms with Gasteiger partial charge in [-0.25, -0.2) is 0 Å². The highest BCUT2D eigenvalue weighted by Crippen LogP contribution is 2.32. The molecule has 1 spiro atoms. The van der Waals surface area contributed by atoms with Gasteiger partial charge in [0.15, 0.2) is 11.5 Å². The van der Waals surface area contributed by atoms with E-state index in [9.17, 15) is 14.4 Å². The summed E-state index contributed by atoms with van der Waals surface area (Å²) in [6.07, 6.45) is 2.09. The number of likely N-dealkylation sites (tertiary alicyclic amines) is 1. The van der Waals surface area contributed by atoms with Gasteiger partial charge in [0.1, 0.15) is 11.2 Å². The van der Waals surface area contributed by atoms with Crippen LogP contribution in [0.5, 0.6) is 0 Å². The smallest absolute Gasteiger partial charge is 0.274 e. The van der Waals surface area contributed by atoms with Crippen LogP contribution in [0.2, 0.25) is 0 Å². The summed E-state index contributed by atoms with van der Waals surface area (Å²) >= 11 is 0. The second-order valence-electron chi connectivity index (χ2n) is 9.55. The highest BCUT2D eigenvalue weighted by Gasteiger charge is 2.47.